The van der Waals surface area contributed by atoms with E-state index in [1.165, 1.54) is 0 Å². The molecule has 0 saturated heterocycles. The third kappa shape index (κ3) is 3.42. The van der Waals surface area contributed by atoms with Gasteiger partial charge in [-0.15, -0.1) is 10.2 Å². The molecule has 3 rings (SSSR count). The standard InChI is InChI=1S/C17H15N3O3/c1-11(15-8-3-4-9-18-15)22-17(21)14-7-5-6-13(10-14)16-20-19-12(2)23-16/h3-11H,1-2H3. The summed E-state index contributed by atoms with van der Waals surface area (Å²) in [5.41, 5.74) is 1.79. The van der Waals surface area contributed by atoms with Crippen LogP contribution in [-0.4, -0.2) is 21.2 Å². The first-order chi connectivity index (χ1) is 11.1. The molecular weight excluding hydrogens is 294 g/mol. The second kappa shape index (κ2) is 6.39. The first kappa shape index (κ1) is 14.9. The van der Waals surface area contributed by atoms with Crippen LogP contribution in [0.4, 0.5) is 0 Å². The van der Waals surface area contributed by atoms with Gasteiger partial charge in [-0.25, -0.2) is 4.79 Å². The number of aromatic nitrogens is 3. The van der Waals surface area contributed by atoms with E-state index in [2.05, 4.69) is 15.2 Å². The Bertz CT molecular complexity index is 815. The third-order valence-corrected chi connectivity index (χ3v) is 3.26. The zero-order valence-corrected chi connectivity index (χ0v) is 12.8. The molecule has 0 spiro atoms. The van der Waals surface area contributed by atoms with E-state index in [4.69, 9.17) is 9.15 Å². The van der Waals surface area contributed by atoms with Crippen LogP contribution in [0.5, 0.6) is 0 Å². The van der Waals surface area contributed by atoms with Gasteiger partial charge in [-0.3, -0.25) is 4.98 Å². The molecule has 2 heterocycles. The summed E-state index contributed by atoms with van der Waals surface area (Å²) >= 11 is 0. The summed E-state index contributed by atoms with van der Waals surface area (Å²) in [6.07, 6.45) is 1.23. The number of hydrogen-bond donors (Lipinski definition) is 0. The minimum absolute atomic E-state index is 0.370. The van der Waals surface area contributed by atoms with Crippen molar-refractivity contribution < 1.29 is 13.9 Å². The van der Waals surface area contributed by atoms with Crippen LogP contribution in [0.2, 0.25) is 0 Å². The van der Waals surface area contributed by atoms with Crippen molar-refractivity contribution in [3.8, 4) is 11.5 Å². The summed E-state index contributed by atoms with van der Waals surface area (Å²) in [6, 6.07) is 12.4. The van der Waals surface area contributed by atoms with Gasteiger partial charge in [0.05, 0.1) is 11.3 Å². The molecule has 0 radical (unpaired) electrons. The molecule has 116 valence electrons. The molecule has 3 aromatic rings. The fourth-order valence-electron chi connectivity index (χ4n) is 2.10. The van der Waals surface area contributed by atoms with Crippen LogP contribution < -0.4 is 0 Å². The number of pyridine rings is 1. The minimum Gasteiger partial charge on any atom is -0.453 e. The zero-order chi connectivity index (χ0) is 16.2. The summed E-state index contributed by atoms with van der Waals surface area (Å²) in [7, 11) is 0. The van der Waals surface area contributed by atoms with Gasteiger partial charge in [0, 0.05) is 18.7 Å². The average molecular weight is 309 g/mol. The van der Waals surface area contributed by atoms with Gasteiger partial charge in [-0.05, 0) is 37.3 Å². The second-order valence-electron chi connectivity index (χ2n) is 5.01. The third-order valence-electron chi connectivity index (χ3n) is 3.26. The largest absolute Gasteiger partial charge is 0.453 e. The smallest absolute Gasteiger partial charge is 0.338 e. The van der Waals surface area contributed by atoms with Crippen molar-refractivity contribution in [3.05, 3.63) is 65.8 Å². The fourth-order valence-corrected chi connectivity index (χ4v) is 2.10. The van der Waals surface area contributed by atoms with Gasteiger partial charge in [0.2, 0.25) is 11.8 Å². The van der Waals surface area contributed by atoms with Gasteiger partial charge in [0.15, 0.2) is 0 Å². The average Bonchev–Trinajstić information content (AvgIpc) is 3.02. The van der Waals surface area contributed by atoms with Crippen molar-refractivity contribution in [1.82, 2.24) is 15.2 Å². The zero-order valence-electron chi connectivity index (χ0n) is 12.8. The summed E-state index contributed by atoms with van der Waals surface area (Å²) in [5, 5.41) is 7.73. The molecule has 1 unspecified atom stereocenters. The Labute approximate surface area is 133 Å². The Morgan fingerprint density at radius 3 is 2.74 bits per heavy atom. The number of aryl methyl sites for hydroxylation is 1. The number of nitrogens with zero attached hydrogens (tertiary/aromatic N) is 3. The Hall–Kier alpha value is -3.02. The van der Waals surface area contributed by atoms with Gasteiger partial charge >= 0.3 is 5.97 Å². The van der Waals surface area contributed by atoms with E-state index in [1.807, 2.05) is 18.2 Å². The predicted octanol–water partition coefficient (Wildman–Crippen LogP) is 3.36. The molecule has 6 heteroatoms. The molecule has 23 heavy (non-hydrogen) atoms. The molecule has 0 amide bonds. The maximum absolute atomic E-state index is 12.3. The first-order valence-electron chi connectivity index (χ1n) is 7.16. The van der Waals surface area contributed by atoms with Crippen LogP contribution in [0.25, 0.3) is 11.5 Å². The predicted molar refractivity (Wildman–Crippen MR) is 82.5 cm³/mol. The van der Waals surface area contributed by atoms with E-state index in [9.17, 15) is 4.79 Å². The lowest BCUT2D eigenvalue weighted by molar-refractivity contribution is 0.0329. The van der Waals surface area contributed by atoms with Gasteiger partial charge < -0.3 is 9.15 Å². The molecule has 6 nitrogen and oxygen atoms in total. The highest BCUT2D eigenvalue weighted by Gasteiger charge is 2.16. The number of hydrogen-bond acceptors (Lipinski definition) is 6. The lowest BCUT2D eigenvalue weighted by atomic mass is 10.1. The Morgan fingerprint density at radius 1 is 1.17 bits per heavy atom. The molecule has 1 atom stereocenters. The van der Waals surface area contributed by atoms with Crippen molar-refractivity contribution in [1.29, 1.82) is 0 Å². The van der Waals surface area contributed by atoms with Crippen molar-refractivity contribution in [2.24, 2.45) is 0 Å². The molecule has 1 aromatic carbocycles. The van der Waals surface area contributed by atoms with Crippen molar-refractivity contribution in [3.63, 3.8) is 0 Å². The van der Waals surface area contributed by atoms with E-state index in [-0.39, 0.29) is 0 Å². The highest BCUT2D eigenvalue weighted by Crippen LogP contribution is 2.21. The second-order valence-corrected chi connectivity index (χ2v) is 5.01. The van der Waals surface area contributed by atoms with E-state index in [0.29, 0.717) is 28.6 Å². The van der Waals surface area contributed by atoms with Crippen LogP contribution in [0.1, 0.15) is 35.0 Å². The molecular formula is C17H15N3O3. The van der Waals surface area contributed by atoms with Crippen LogP contribution >= 0.6 is 0 Å². The molecule has 0 fully saturated rings. The molecule has 0 bridgehead atoms. The number of carbonyl (C=O) groups is 1. The molecule has 2 aromatic heterocycles. The Balaban J connectivity index is 1.78. The van der Waals surface area contributed by atoms with Gasteiger partial charge in [-0.1, -0.05) is 12.1 Å². The lowest BCUT2D eigenvalue weighted by Crippen LogP contribution is -2.10. The maximum atomic E-state index is 12.3. The number of ether oxygens (including phenoxy) is 1. The molecule has 0 N–H and O–H groups in total. The molecule has 0 aliphatic rings. The van der Waals surface area contributed by atoms with E-state index in [0.717, 1.165) is 0 Å². The Morgan fingerprint density at radius 2 is 2.04 bits per heavy atom. The normalized spacial score (nSPS) is 11.9. The van der Waals surface area contributed by atoms with Crippen molar-refractivity contribution >= 4 is 5.97 Å². The maximum Gasteiger partial charge on any atom is 0.338 e. The Kier molecular flexibility index (Phi) is 4.14. The monoisotopic (exact) mass is 309 g/mol. The topological polar surface area (TPSA) is 78.1 Å². The first-order valence-corrected chi connectivity index (χ1v) is 7.16. The summed E-state index contributed by atoms with van der Waals surface area (Å²) in [5.74, 6) is 0.410. The molecule has 0 saturated carbocycles. The highest BCUT2D eigenvalue weighted by atomic mass is 16.5. The van der Waals surface area contributed by atoms with Crippen LogP contribution in [0, 0.1) is 6.92 Å². The molecule has 0 aliphatic heterocycles. The van der Waals surface area contributed by atoms with E-state index in [1.54, 1.807) is 44.3 Å². The fraction of sp³-hybridized carbons (Fsp3) is 0.176. The van der Waals surface area contributed by atoms with Crippen molar-refractivity contribution in [2.75, 3.05) is 0 Å². The number of rotatable bonds is 4. The van der Waals surface area contributed by atoms with E-state index >= 15 is 0 Å². The van der Waals surface area contributed by atoms with Crippen LogP contribution in [0.15, 0.2) is 53.1 Å². The van der Waals surface area contributed by atoms with Gasteiger partial charge in [0.25, 0.3) is 0 Å². The quantitative estimate of drug-likeness (QED) is 0.688. The van der Waals surface area contributed by atoms with Crippen LogP contribution in [0.3, 0.4) is 0 Å². The summed E-state index contributed by atoms with van der Waals surface area (Å²) in [4.78, 5) is 16.5. The van der Waals surface area contributed by atoms with Crippen molar-refractivity contribution in [2.45, 2.75) is 20.0 Å². The summed E-state index contributed by atoms with van der Waals surface area (Å²) in [6.45, 7) is 3.49. The highest BCUT2D eigenvalue weighted by molar-refractivity contribution is 5.90. The number of esters is 1. The van der Waals surface area contributed by atoms with Gasteiger partial charge in [-0.2, -0.15) is 0 Å². The number of benzene rings is 1. The minimum atomic E-state index is -0.432. The van der Waals surface area contributed by atoms with Gasteiger partial charge in [0.1, 0.15) is 6.10 Å². The molecule has 0 aliphatic carbocycles. The van der Waals surface area contributed by atoms with E-state index < -0.39 is 12.1 Å². The van der Waals surface area contributed by atoms with Crippen LogP contribution in [-0.2, 0) is 4.74 Å². The number of carbonyl (C=O) groups excluding carboxylic acids is 1. The summed E-state index contributed by atoms with van der Waals surface area (Å²) < 4.78 is 10.8. The SMILES string of the molecule is Cc1nnc(-c2cccc(C(=O)OC(C)c3ccccn3)c2)o1. The lowest BCUT2D eigenvalue weighted by Gasteiger charge is -2.12.